The van der Waals surface area contributed by atoms with E-state index in [4.69, 9.17) is 0 Å². The first-order valence-corrected chi connectivity index (χ1v) is 4.47. The van der Waals surface area contributed by atoms with Crippen LogP contribution >= 0.6 is 12.4 Å². The third kappa shape index (κ3) is 2.19. The molecule has 4 N–H and O–H groups in total. The highest BCUT2D eigenvalue weighted by Gasteiger charge is 2.19. The van der Waals surface area contributed by atoms with Crippen molar-refractivity contribution in [3.63, 3.8) is 0 Å². The maximum Gasteiger partial charge on any atom is 0.188 e. The average molecular weight is 254 g/mol. The molecule has 4 nitrogen and oxygen atoms in total. The Hall–Kier alpha value is -1.75. The molecule has 0 aromatic heterocycles. The van der Waals surface area contributed by atoms with E-state index in [9.17, 15) is 4.79 Å². The van der Waals surface area contributed by atoms with Gasteiger partial charge in [-0.3, -0.25) is 4.79 Å². The van der Waals surface area contributed by atoms with Crippen LogP contribution in [-0.4, -0.2) is 16.7 Å². The van der Waals surface area contributed by atoms with Gasteiger partial charge in [-0.15, -0.1) is 12.4 Å². The molecule has 0 saturated heterocycles. The highest BCUT2D eigenvalue weighted by molar-refractivity contribution is 6.27. The van der Waals surface area contributed by atoms with Crippen molar-refractivity contribution < 1.29 is 15.7 Å². The molecule has 2 aliphatic rings. The molecule has 1 heterocycles. The number of nitrogens with zero attached hydrogens (tertiary/aromatic N) is 1. The van der Waals surface area contributed by atoms with Crippen LogP contribution in [0.2, 0.25) is 0 Å². The molecule has 1 aliphatic heterocycles. The van der Waals surface area contributed by atoms with Crippen LogP contribution in [0, 0.1) is 0 Å². The van der Waals surface area contributed by atoms with E-state index in [1.165, 1.54) is 0 Å². The van der Waals surface area contributed by atoms with Gasteiger partial charge in [0, 0.05) is 5.22 Å². The molecule has 17 heavy (non-hydrogen) atoms. The normalized spacial score (nSPS) is 14.2. The molecule has 1 aromatic rings. The molecular formula is C12H12ClNO3. The zero-order chi connectivity index (χ0) is 9.54. The van der Waals surface area contributed by atoms with Crippen molar-refractivity contribution in [2.75, 3.05) is 0 Å². The molecule has 5 heteroatoms. The van der Waals surface area contributed by atoms with Gasteiger partial charge in [-0.25, -0.2) is 4.99 Å². The SMILES string of the molecule is Cl.O.O.O=C1C=CC=C2N=c3ccccc3=C12. The second kappa shape index (κ2) is 5.54. The van der Waals surface area contributed by atoms with Crippen molar-refractivity contribution in [1.82, 2.24) is 0 Å². The minimum absolute atomic E-state index is 0. The summed E-state index contributed by atoms with van der Waals surface area (Å²) < 4.78 is 0. The zero-order valence-electron chi connectivity index (χ0n) is 8.81. The van der Waals surface area contributed by atoms with Gasteiger partial charge in [0.2, 0.25) is 0 Å². The van der Waals surface area contributed by atoms with Crippen LogP contribution in [0.4, 0.5) is 0 Å². The van der Waals surface area contributed by atoms with E-state index >= 15 is 0 Å². The lowest BCUT2D eigenvalue weighted by molar-refractivity contribution is -0.109. The summed E-state index contributed by atoms with van der Waals surface area (Å²) in [5, 5.41) is 1.85. The summed E-state index contributed by atoms with van der Waals surface area (Å²) in [6, 6.07) is 7.72. The molecular weight excluding hydrogens is 242 g/mol. The van der Waals surface area contributed by atoms with Crippen molar-refractivity contribution >= 4 is 23.8 Å². The lowest BCUT2D eigenvalue weighted by Gasteiger charge is -2.02. The molecule has 3 rings (SSSR count). The second-order valence-corrected chi connectivity index (χ2v) is 3.28. The fraction of sp³-hybridized carbons (Fsp3) is 0. The van der Waals surface area contributed by atoms with Gasteiger partial charge < -0.3 is 11.0 Å². The van der Waals surface area contributed by atoms with Crippen LogP contribution < -0.4 is 10.6 Å². The monoisotopic (exact) mass is 253 g/mol. The number of halogens is 1. The van der Waals surface area contributed by atoms with E-state index < -0.39 is 0 Å². The Morgan fingerprint density at radius 2 is 1.76 bits per heavy atom. The summed E-state index contributed by atoms with van der Waals surface area (Å²) in [5.74, 6) is 0.0520. The predicted octanol–water partition coefficient (Wildman–Crippen LogP) is -0.734. The molecule has 1 aromatic carbocycles. The maximum atomic E-state index is 11.6. The van der Waals surface area contributed by atoms with Crippen molar-refractivity contribution in [3.8, 4) is 0 Å². The number of allylic oxidation sites excluding steroid dienone is 4. The first-order valence-electron chi connectivity index (χ1n) is 4.47. The number of carbonyl (C=O) groups is 1. The lowest BCUT2D eigenvalue weighted by atomic mass is 10.0. The molecule has 0 fully saturated rings. The third-order valence-corrected chi connectivity index (χ3v) is 2.42. The second-order valence-electron chi connectivity index (χ2n) is 3.28. The standard InChI is InChI=1S/C12H7NO.ClH.2H2O/c14-11-7-3-6-10-12(11)8-4-1-2-5-9(8)13-10;;;/h1-7H;1H;2*1H2. The van der Waals surface area contributed by atoms with Crippen LogP contribution in [-0.2, 0) is 4.79 Å². The number of carbonyl (C=O) groups excluding carboxylic acids is 1. The quantitative estimate of drug-likeness (QED) is 0.599. The molecule has 0 bridgehead atoms. The Bertz CT molecular complexity index is 617. The van der Waals surface area contributed by atoms with Crippen LogP contribution in [0.3, 0.4) is 0 Å². The Kier molecular flexibility index (Phi) is 4.97. The summed E-state index contributed by atoms with van der Waals surface area (Å²) in [7, 11) is 0. The molecule has 0 amide bonds. The Labute approximate surface area is 104 Å². The highest BCUT2D eigenvalue weighted by atomic mass is 35.5. The van der Waals surface area contributed by atoms with Crippen LogP contribution in [0.5, 0.6) is 0 Å². The third-order valence-electron chi connectivity index (χ3n) is 2.42. The summed E-state index contributed by atoms with van der Waals surface area (Å²) in [5.41, 5.74) is 1.53. The van der Waals surface area contributed by atoms with Crippen molar-refractivity contribution in [2.24, 2.45) is 4.99 Å². The summed E-state index contributed by atoms with van der Waals surface area (Å²) >= 11 is 0. The van der Waals surface area contributed by atoms with E-state index in [0.717, 1.165) is 21.8 Å². The Balaban J connectivity index is 0.000000853. The number of fused-ring (bicyclic) bond motifs is 2. The van der Waals surface area contributed by atoms with Crippen molar-refractivity contribution in [2.45, 2.75) is 0 Å². The first-order chi connectivity index (χ1) is 6.86. The zero-order valence-corrected chi connectivity index (χ0v) is 9.62. The van der Waals surface area contributed by atoms with Gasteiger partial charge in [-0.05, 0) is 18.2 Å². The highest BCUT2D eigenvalue weighted by Crippen LogP contribution is 2.18. The number of hydrogen-bond donors (Lipinski definition) is 0. The van der Waals surface area contributed by atoms with Gasteiger partial charge in [0.1, 0.15) is 0 Å². The van der Waals surface area contributed by atoms with Crippen molar-refractivity contribution in [1.29, 1.82) is 0 Å². The summed E-state index contributed by atoms with van der Waals surface area (Å²) in [6.45, 7) is 0. The number of ketones is 1. The molecule has 0 spiro atoms. The number of benzene rings is 1. The van der Waals surface area contributed by atoms with Crippen LogP contribution in [0.1, 0.15) is 0 Å². The largest absolute Gasteiger partial charge is 0.412 e. The van der Waals surface area contributed by atoms with E-state index in [1.54, 1.807) is 12.2 Å². The van der Waals surface area contributed by atoms with E-state index in [-0.39, 0.29) is 29.1 Å². The average Bonchev–Trinajstić information content (AvgIpc) is 2.57. The molecule has 0 saturated carbocycles. The Morgan fingerprint density at radius 3 is 2.53 bits per heavy atom. The summed E-state index contributed by atoms with van der Waals surface area (Å²) in [4.78, 5) is 16.0. The predicted molar refractivity (Wildman–Crippen MR) is 67.3 cm³/mol. The number of rotatable bonds is 0. The van der Waals surface area contributed by atoms with Gasteiger partial charge in [0.05, 0.1) is 16.6 Å². The van der Waals surface area contributed by atoms with Gasteiger partial charge in [-0.1, -0.05) is 24.3 Å². The molecule has 1 aliphatic carbocycles. The van der Waals surface area contributed by atoms with Gasteiger partial charge in [-0.2, -0.15) is 0 Å². The van der Waals surface area contributed by atoms with Gasteiger partial charge >= 0.3 is 0 Å². The molecule has 0 atom stereocenters. The van der Waals surface area contributed by atoms with Gasteiger partial charge in [0.15, 0.2) is 5.78 Å². The van der Waals surface area contributed by atoms with Crippen molar-refractivity contribution in [3.05, 3.63) is 58.8 Å². The number of hydrogen-bond acceptors (Lipinski definition) is 2. The van der Waals surface area contributed by atoms with E-state index in [0.29, 0.717) is 0 Å². The molecule has 90 valence electrons. The van der Waals surface area contributed by atoms with E-state index in [2.05, 4.69) is 4.99 Å². The minimum Gasteiger partial charge on any atom is -0.412 e. The topological polar surface area (TPSA) is 92.4 Å². The fourth-order valence-corrected chi connectivity index (χ4v) is 1.80. The number of para-hydroxylation sites is 1. The van der Waals surface area contributed by atoms with Crippen LogP contribution in [0.25, 0.3) is 5.57 Å². The lowest BCUT2D eigenvalue weighted by Crippen LogP contribution is -2.24. The first kappa shape index (κ1) is 15.2. The minimum atomic E-state index is 0. The summed E-state index contributed by atoms with van der Waals surface area (Å²) in [6.07, 6.45) is 5.20. The van der Waals surface area contributed by atoms with E-state index in [1.807, 2.05) is 30.3 Å². The van der Waals surface area contributed by atoms with Crippen LogP contribution in [0.15, 0.2) is 53.2 Å². The van der Waals surface area contributed by atoms with Gasteiger partial charge in [0.25, 0.3) is 0 Å². The molecule has 0 radical (unpaired) electrons. The smallest absolute Gasteiger partial charge is 0.188 e. The fourth-order valence-electron chi connectivity index (χ4n) is 1.80. The Morgan fingerprint density at radius 1 is 1.06 bits per heavy atom. The maximum absolute atomic E-state index is 11.6. The molecule has 0 unspecified atom stereocenters.